The van der Waals surface area contributed by atoms with E-state index in [1.807, 2.05) is 114 Å². The average Bonchev–Trinajstić information content (AvgIpc) is 1.54. The van der Waals surface area contributed by atoms with Crippen LogP contribution in [0.1, 0.15) is 49.9 Å². The van der Waals surface area contributed by atoms with Gasteiger partial charge in [0.15, 0.2) is 34.9 Å². The summed E-state index contributed by atoms with van der Waals surface area (Å²) in [6.07, 6.45) is 0. The van der Waals surface area contributed by atoms with Crippen molar-refractivity contribution < 1.29 is 4.42 Å². The fourth-order valence-electron chi connectivity index (χ4n) is 15.1. The smallest absolute Gasteiger partial charge is 0.164 e. The Labute approximate surface area is 544 Å². The standard InChI is InChI=1S/C42H28N4O.C42H28N4S/c2*1-42(2)31-18-11-17-28-29-21-23-35-36(30-16-9-10-19-34(30)47-35)38(29)46(37(28)31)33-22-20-27(24-32(33)42)41-44-39(25-12-5-3-6-13-25)43-40(45-41)26-14-7-4-8-15-26/h2*3-24H,1-2H3. The molecule has 12 aromatic carbocycles. The van der Waals surface area contributed by atoms with E-state index < -0.39 is 0 Å². The number of thiophene rings is 1. The molecule has 2 aliphatic rings. The Morgan fingerprint density at radius 2 is 0.660 bits per heavy atom. The van der Waals surface area contributed by atoms with Crippen LogP contribution in [0.5, 0.6) is 0 Å². The fraction of sp³-hybridized carbons (Fsp3) is 0.0714. The third-order valence-corrected chi connectivity index (χ3v) is 20.8. The van der Waals surface area contributed by atoms with Gasteiger partial charge in [-0.1, -0.05) is 228 Å². The number of para-hydroxylation sites is 3. The fourth-order valence-corrected chi connectivity index (χ4v) is 16.2. The second-order valence-electron chi connectivity index (χ2n) is 25.7. The Hall–Kier alpha value is -11.7. The molecule has 0 spiro atoms. The van der Waals surface area contributed by atoms with Gasteiger partial charge in [0.1, 0.15) is 11.2 Å². The van der Waals surface area contributed by atoms with Crippen LogP contribution >= 0.6 is 11.3 Å². The van der Waals surface area contributed by atoms with Crippen LogP contribution in [0.3, 0.4) is 0 Å². The van der Waals surface area contributed by atoms with E-state index in [2.05, 4.69) is 201 Å². The highest BCUT2D eigenvalue weighted by Crippen LogP contribution is 2.53. The summed E-state index contributed by atoms with van der Waals surface area (Å²) in [4.78, 5) is 30.0. The Balaban J connectivity index is 0.000000133. The minimum atomic E-state index is -0.273. The number of rotatable bonds is 6. The highest BCUT2D eigenvalue weighted by atomic mass is 32.1. The summed E-state index contributed by atoms with van der Waals surface area (Å²) in [5.74, 6) is 3.97. The summed E-state index contributed by atoms with van der Waals surface area (Å²) in [5.41, 5.74) is 19.5. The van der Waals surface area contributed by atoms with E-state index in [1.165, 1.54) is 91.7 Å². The second-order valence-corrected chi connectivity index (χ2v) is 26.8. The van der Waals surface area contributed by atoms with Crippen LogP contribution in [-0.4, -0.2) is 39.0 Å². The van der Waals surface area contributed by atoms with Gasteiger partial charge in [0.25, 0.3) is 0 Å². The van der Waals surface area contributed by atoms with E-state index in [-0.39, 0.29) is 10.8 Å². The van der Waals surface area contributed by atoms with Crippen molar-refractivity contribution in [3.63, 3.8) is 0 Å². The van der Waals surface area contributed by atoms with Crippen molar-refractivity contribution in [3.05, 3.63) is 289 Å². The van der Waals surface area contributed by atoms with Gasteiger partial charge in [-0.3, -0.25) is 0 Å². The Morgan fingerprint density at radius 3 is 1.14 bits per heavy atom. The Kier molecular flexibility index (Phi) is 11.7. The summed E-state index contributed by atoms with van der Waals surface area (Å²) >= 11 is 1.87. The van der Waals surface area contributed by atoms with Gasteiger partial charge in [0.05, 0.1) is 38.8 Å². The molecule has 0 atom stereocenters. The van der Waals surface area contributed by atoms with Gasteiger partial charge < -0.3 is 13.6 Å². The minimum Gasteiger partial charge on any atom is -0.456 e. The molecule has 6 aromatic heterocycles. The lowest BCUT2D eigenvalue weighted by Crippen LogP contribution is -2.26. The third kappa shape index (κ3) is 8.06. The first-order chi connectivity index (χ1) is 46.1. The molecule has 444 valence electrons. The molecular formula is C84H56N8OS. The van der Waals surface area contributed by atoms with Gasteiger partial charge in [0, 0.05) is 91.3 Å². The highest BCUT2D eigenvalue weighted by Gasteiger charge is 2.38. The molecule has 0 amide bonds. The molecule has 8 heterocycles. The van der Waals surface area contributed by atoms with Crippen LogP contribution in [0.25, 0.3) is 165 Å². The van der Waals surface area contributed by atoms with Crippen molar-refractivity contribution in [2.24, 2.45) is 0 Å². The van der Waals surface area contributed by atoms with E-state index in [9.17, 15) is 0 Å². The van der Waals surface area contributed by atoms with Gasteiger partial charge >= 0.3 is 0 Å². The Morgan fingerprint density at radius 1 is 0.277 bits per heavy atom. The molecule has 0 saturated heterocycles. The average molecular weight is 1230 g/mol. The van der Waals surface area contributed by atoms with E-state index >= 15 is 0 Å². The molecule has 18 aromatic rings. The molecule has 0 bridgehead atoms. The first-order valence-electron chi connectivity index (χ1n) is 31.9. The van der Waals surface area contributed by atoms with E-state index in [1.54, 1.807) is 0 Å². The van der Waals surface area contributed by atoms with Crippen molar-refractivity contribution in [3.8, 4) is 79.7 Å². The van der Waals surface area contributed by atoms with Crippen molar-refractivity contribution in [2.75, 3.05) is 0 Å². The van der Waals surface area contributed by atoms with Crippen LogP contribution in [-0.2, 0) is 10.8 Å². The second kappa shape index (κ2) is 20.4. The number of hydrogen-bond donors (Lipinski definition) is 0. The van der Waals surface area contributed by atoms with E-state index in [0.29, 0.717) is 34.9 Å². The lowest BCUT2D eigenvalue weighted by molar-refractivity contribution is 0.630. The molecule has 9 nitrogen and oxygen atoms in total. The molecule has 94 heavy (non-hydrogen) atoms. The van der Waals surface area contributed by atoms with Crippen molar-refractivity contribution >= 4 is 97.1 Å². The highest BCUT2D eigenvalue weighted by molar-refractivity contribution is 7.26. The maximum atomic E-state index is 6.37. The van der Waals surface area contributed by atoms with Crippen LogP contribution < -0.4 is 0 Å². The minimum absolute atomic E-state index is 0.247. The number of hydrogen-bond acceptors (Lipinski definition) is 8. The molecule has 0 radical (unpaired) electrons. The maximum absolute atomic E-state index is 6.37. The third-order valence-electron chi connectivity index (χ3n) is 19.7. The summed E-state index contributed by atoms with van der Waals surface area (Å²) in [5, 5.41) is 10.00. The molecule has 0 saturated carbocycles. The normalized spacial score (nSPS) is 13.5. The van der Waals surface area contributed by atoms with Crippen molar-refractivity contribution in [1.29, 1.82) is 0 Å². The number of benzene rings is 12. The zero-order valence-electron chi connectivity index (χ0n) is 51.8. The van der Waals surface area contributed by atoms with Crippen molar-refractivity contribution in [2.45, 2.75) is 38.5 Å². The van der Waals surface area contributed by atoms with Gasteiger partial charge in [-0.05, 0) is 89.0 Å². The zero-order chi connectivity index (χ0) is 62.6. The number of aromatic nitrogens is 8. The molecular weight excluding hydrogens is 1170 g/mol. The molecule has 0 fully saturated rings. The Bertz CT molecular complexity index is 5670. The van der Waals surface area contributed by atoms with E-state index in [4.69, 9.17) is 34.3 Å². The molecule has 2 aliphatic heterocycles. The van der Waals surface area contributed by atoms with E-state index in [0.717, 1.165) is 61.0 Å². The van der Waals surface area contributed by atoms with Crippen LogP contribution in [0.15, 0.2) is 271 Å². The monoisotopic (exact) mass is 1220 g/mol. The summed E-state index contributed by atoms with van der Waals surface area (Å²) in [6, 6.07) is 93.7. The molecule has 10 heteroatoms. The largest absolute Gasteiger partial charge is 0.456 e. The topological polar surface area (TPSA) is 100 Å². The summed E-state index contributed by atoms with van der Waals surface area (Å²) in [6.45, 7) is 9.35. The zero-order valence-corrected chi connectivity index (χ0v) is 52.6. The number of nitrogens with zero attached hydrogens (tertiary/aromatic N) is 8. The van der Waals surface area contributed by atoms with Gasteiger partial charge in [-0.25, -0.2) is 29.9 Å². The van der Waals surface area contributed by atoms with Crippen LogP contribution in [0.4, 0.5) is 0 Å². The van der Waals surface area contributed by atoms with Crippen LogP contribution in [0.2, 0.25) is 0 Å². The maximum Gasteiger partial charge on any atom is 0.164 e. The van der Waals surface area contributed by atoms with Gasteiger partial charge in [-0.15, -0.1) is 11.3 Å². The lowest BCUT2D eigenvalue weighted by atomic mass is 9.74. The first kappa shape index (κ1) is 54.1. The first-order valence-corrected chi connectivity index (χ1v) is 32.7. The molecule has 0 aliphatic carbocycles. The van der Waals surface area contributed by atoms with Gasteiger partial charge in [-0.2, -0.15) is 0 Å². The summed E-state index contributed by atoms with van der Waals surface area (Å²) in [7, 11) is 0. The summed E-state index contributed by atoms with van der Waals surface area (Å²) < 4.78 is 14.0. The van der Waals surface area contributed by atoms with Crippen LogP contribution in [0, 0.1) is 0 Å². The van der Waals surface area contributed by atoms with Gasteiger partial charge in [0.2, 0.25) is 0 Å². The number of furan rings is 1. The quantitative estimate of drug-likeness (QED) is 0.163. The molecule has 20 rings (SSSR count). The predicted octanol–water partition coefficient (Wildman–Crippen LogP) is 21.5. The molecule has 0 unspecified atom stereocenters. The molecule has 0 N–H and O–H groups in total. The predicted molar refractivity (Wildman–Crippen MR) is 385 cm³/mol. The lowest BCUT2D eigenvalue weighted by Gasteiger charge is -2.35. The SMILES string of the molecule is CC1(C)c2cc(-c3nc(-c4ccccc4)nc(-c4ccccc4)n3)ccc2-n2c3c1cccc3c1ccc3oc4ccccc4c3c12.CC1(C)c2cc(-c3nc(-c4ccccc4)nc(-c4ccccc4)n3)ccc2-n2c3c1cccc3c1ccc3sc4ccccc4c3c12. The number of fused-ring (bicyclic) bond motifs is 18. The van der Waals surface area contributed by atoms with Crippen molar-refractivity contribution in [1.82, 2.24) is 39.0 Å².